The van der Waals surface area contributed by atoms with Crippen LogP contribution in [0.1, 0.15) is 32.8 Å². The molecule has 0 saturated carbocycles. The first-order valence-electron chi connectivity index (χ1n) is 8.89. The van der Waals surface area contributed by atoms with E-state index in [2.05, 4.69) is 11.4 Å². The van der Waals surface area contributed by atoms with Gasteiger partial charge in [0.05, 0.1) is 18.0 Å². The van der Waals surface area contributed by atoms with E-state index in [-0.39, 0.29) is 24.6 Å². The van der Waals surface area contributed by atoms with Crippen LogP contribution >= 0.6 is 0 Å². The molecule has 1 aliphatic heterocycles. The maximum atomic E-state index is 12.4. The second-order valence-electron chi connectivity index (χ2n) is 7.67. The van der Waals surface area contributed by atoms with E-state index in [9.17, 15) is 14.9 Å². The normalized spacial score (nSPS) is 23.4. The minimum Gasteiger partial charge on any atom is -0.445 e. The highest BCUT2D eigenvalue weighted by Gasteiger charge is 2.55. The predicted octanol–water partition coefficient (Wildman–Crippen LogP) is 3.33. The molecule has 1 saturated heterocycles. The van der Waals surface area contributed by atoms with Gasteiger partial charge in [0.15, 0.2) is 0 Å². The van der Waals surface area contributed by atoms with Gasteiger partial charge in [0.25, 0.3) is 0 Å². The molecule has 1 aromatic carbocycles. The number of ether oxygens (including phenoxy) is 2. The number of nitriles is 1. The number of benzene rings is 1. The van der Waals surface area contributed by atoms with Crippen LogP contribution in [-0.2, 0) is 16.1 Å². The molecule has 1 N–H and O–H groups in total. The molecule has 2 aliphatic rings. The summed E-state index contributed by atoms with van der Waals surface area (Å²) < 4.78 is 10.7. The van der Waals surface area contributed by atoms with Crippen LogP contribution in [0.15, 0.2) is 42.1 Å². The summed E-state index contributed by atoms with van der Waals surface area (Å²) in [5.74, 6) is -0.372. The lowest BCUT2D eigenvalue weighted by atomic mass is 9.93. The van der Waals surface area contributed by atoms with Gasteiger partial charge in [-0.2, -0.15) is 5.26 Å². The van der Waals surface area contributed by atoms with E-state index in [4.69, 9.17) is 9.47 Å². The van der Waals surface area contributed by atoms with Gasteiger partial charge < -0.3 is 14.8 Å². The van der Waals surface area contributed by atoms with Gasteiger partial charge in [0, 0.05) is 5.70 Å². The summed E-state index contributed by atoms with van der Waals surface area (Å²) in [5, 5.41) is 12.1. The number of carbonyl (C=O) groups excluding carboxylic acids is 2. The molecule has 142 valence electrons. The Hall–Kier alpha value is -3.01. The van der Waals surface area contributed by atoms with Gasteiger partial charge >= 0.3 is 12.2 Å². The number of nitrogens with zero attached hydrogens (tertiary/aromatic N) is 2. The Morgan fingerprint density at radius 2 is 2.00 bits per heavy atom. The first kappa shape index (κ1) is 18.8. The topological polar surface area (TPSA) is 91.4 Å². The van der Waals surface area contributed by atoms with Crippen LogP contribution in [0.4, 0.5) is 9.59 Å². The summed E-state index contributed by atoms with van der Waals surface area (Å²) in [6.07, 6.45) is 1.14. The number of alkyl carbamates (subject to hydrolysis) is 1. The van der Waals surface area contributed by atoms with Crippen molar-refractivity contribution in [2.24, 2.45) is 5.92 Å². The highest BCUT2D eigenvalue weighted by atomic mass is 16.6. The Morgan fingerprint density at radius 3 is 2.63 bits per heavy atom. The van der Waals surface area contributed by atoms with Crippen LogP contribution in [0.3, 0.4) is 0 Å². The van der Waals surface area contributed by atoms with E-state index in [1.807, 2.05) is 30.3 Å². The first-order chi connectivity index (χ1) is 12.8. The molecule has 1 fully saturated rings. The maximum Gasteiger partial charge on any atom is 0.415 e. The van der Waals surface area contributed by atoms with Crippen molar-refractivity contribution in [3.05, 3.63) is 47.7 Å². The van der Waals surface area contributed by atoms with Crippen LogP contribution in [-0.4, -0.2) is 34.8 Å². The Morgan fingerprint density at radius 1 is 1.30 bits per heavy atom. The number of hydrogen-bond donors (Lipinski definition) is 1. The molecule has 27 heavy (non-hydrogen) atoms. The average Bonchev–Trinajstić information content (AvgIpc) is 3.34. The fourth-order valence-corrected chi connectivity index (χ4v) is 3.14. The van der Waals surface area contributed by atoms with E-state index < -0.39 is 17.8 Å². The molecule has 0 spiro atoms. The minimum atomic E-state index is -0.616. The summed E-state index contributed by atoms with van der Waals surface area (Å²) >= 11 is 0. The molecule has 1 unspecified atom stereocenters. The molecule has 3 atom stereocenters. The van der Waals surface area contributed by atoms with Crippen molar-refractivity contribution in [3.8, 4) is 6.07 Å². The zero-order chi connectivity index (χ0) is 19.6. The molecule has 2 amide bonds. The molecule has 7 heteroatoms. The van der Waals surface area contributed by atoms with Gasteiger partial charge in [-0.25, -0.2) is 9.59 Å². The summed E-state index contributed by atoms with van der Waals surface area (Å²) in [6, 6.07) is 10.9. The molecule has 0 aromatic heterocycles. The Bertz CT molecular complexity index is 792. The summed E-state index contributed by atoms with van der Waals surface area (Å²) in [4.78, 5) is 26.0. The quantitative estimate of drug-likeness (QED) is 0.825. The van der Waals surface area contributed by atoms with Gasteiger partial charge in [-0.3, -0.25) is 4.90 Å². The second kappa shape index (κ2) is 7.31. The Kier molecular flexibility index (Phi) is 5.08. The number of allylic oxidation sites excluding steroid dienone is 1. The lowest BCUT2D eigenvalue weighted by Gasteiger charge is -2.22. The van der Waals surface area contributed by atoms with E-state index in [1.54, 1.807) is 26.8 Å². The van der Waals surface area contributed by atoms with Gasteiger partial charge in [-0.1, -0.05) is 30.3 Å². The van der Waals surface area contributed by atoms with E-state index >= 15 is 0 Å². The summed E-state index contributed by atoms with van der Waals surface area (Å²) in [7, 11) is 0. The highest BCUT2D eigenvalue weighted by molar-refractivity contribution is 5.78. The third kappa shape index (κ3) is 4.59. The SMILES string of the molecule is CC(C)(C)OC(=O)N1C2=CC(C#N)C[C@H](NC(=O)OCc3ccccc3)[C@H]21. The van der Waals surface area contributed by atoms with Crippen molar-refractivity contribution in [1.82, 2.24) is 10.2 Å². The fourth-order valence-electron chi connectivity index (χ4n) is 3.14. The van der Waals surface area contributed by atoms with Crippen LogP contribution in [0.5, 0.6) is 0 Å². The van der Waals surface area contributed by atoms with Crippen molar-refractivity contribution in [2.45, 2.75) is 51.5 Å². The number of amides is 2. The Balaban J connectivity index is 1.61. The molecule has 1 aromatic rings. The molecular formula is C20H23N3O4. The highest BCUT2D eigenvalue weighted by Crippen LogP contribution is 2.43. The number of carbonyl (C=O) groups is 2. The molecular weight excluding hydrogens is 346 g/mol. The Labute approximate surface area is 158 Å². The predicted molar refractivity (Wildman–Crippen MR) is 97.2 cm³/mol. The van der Waals surface area contributed by atoms with Crippen LogP contribution in [0.2, 0.25) is 0 Å². The lowest BCUT2D eigenvalue weighted by molar-refractivity contribution is 0.0408. The average molecular weight is 369 g/mol. The fraction of sp³-hybridized carbons (Fsp3) is 0.450. The lowest BCUT2D eigenvalue weighted by Crippen LogP contribution is -2.43. The van der Waals surface area contributed by atoms with Crippen LogP contribution in [0.25, 0.3) is 0 Å². The van der Waals surface area contributed by atoms with Gasteiger partial charge in [0.1, 0.15) is 18.2 Å². The van der Waals surface area contributed by atoms with Crippen LogP contribution in [0, 0.1) is 17.2 Å². The van der Waals surface area contributed by atoms with Gasteiger partial charge in [-0.15, -0.1) is 0 Å². The number of fused-ring (bicyclic) bond motifs is 1. The zero-order valence-corrected chi connectivity index (χ0v) is 15.6. The molecule has 1 heterocycles. The van der Waals surface area contributed by atoms with Crippen molar-refractivity contribution in [2.75, 3.05) is 0 Å². The summed E-state index contributed by atoms with van der Waals surface area (Å²) in [5.41, 5.74) is 0.985. The second-order valence-corrected chi connectivity index (χ2v) is 7.67. The summed E-state index contributed by atoms with van der Waals surface area (Å²) in [6.45, 7) is 5.54. The van der Waals surface area contributed by atoms with Crippen molar-refractivity contribution in [1.29, 1.82) is 5.26 Å². The minimum absolute atomic E-state index is 0.157. The van der Waals surface area contributed by atoms with Crippen LogP contribution < -0.4 is 5.32 Å². The number of nitrogens with one attached hydrogen (secondary N) is 1. The standard InChI is InChI=1S/C20H23N3O4/c1-20(2,3)27-19(25)23-16-10-14(11-21)9-15(17(16)23)22-18(24)26-12-13-7-5-4-6-8-13/h4-8,10,14-15,17H,9,12H2,1-3H3,(H,22,24)/t14?,15-,17+,23?/m0/s1. The molecule has 0 radical (unpaired) electrons. The smallest absolute Gasteiger partial charge is 0.415 e. The third-order valence-electron chi connectivity index (χ3n) is 4.32. The zero-order valence-electron chi connectivity index (χ0n) is 15.6. The van der Waals surface area contributed by atoms with Crippen molar-refractivity contribution in [3.63, 3.8) is 0 Å². The van der Waals surface area contributed by atoms with E-state index in [0.717, 1.165) is 11.3 Å². The van der Waals surface area contributed by atoms with Gasteiger partial charge in [-0.05, 0) is 38.8 Å². The number of hydrogen-bond acceptors (Lipinski definition) is 5. The van der Waals surface area contributed by atoms with Crippen molar-refractivity contribution < 1.29 is 19.1 Å². The molecule has 1 aliphatic carbocycles. The number of rotatable bonds is 3. The largest absolute Gasteiger partial charge is 0.445 e. The molecule has 0 bridgehead atoms. The molecule has 7 nitrogen and oxygen atoms in total. The monoisotopic (exact) mass is 369 g/mol. The third-order valence-corrected chi connectivity index (χ3v) is 4.32. The van der Waals surface area contributed by atoms with E-state index in [1.165, 1.54) is 4.90 Å². The maximum absolute atomic E-state index is 12.4. The van der Waals surface area contributed by atoms with Gasteiger partial charge in [0.2, 0.25) is 0 Å². The first-order valence-corrected chi connectivity index (χ1v) is 8.89. The van der Waals surface area contributed by atoms with E-state index in [0.29, 0.717) is 6.42 Å². The molecule has 3 rings (SSSR count). The van der Waals surface area contributed by atoms with Crippen molar-refractivity contribution >= 4 is 12.2 Å².